The number of nitrogens with zero attached hydrogens (tertiary/aromatic N) is 1. The zero-order valence-electron chi connectivity index (χ0n) is 10.8. The Hall–Kier alpha value is -1.56. The Morgan fingerprint density at radius 1 is 1.26 bits per heavy atom. The van der Waals surface area contributed by atoms with E-state index in [1.165, 1.54) is 0 Å². The molecular formula is C13H16F3NO2. The van der Waals surface area contributed by atoms with Gasteiger partial charge in [0.15, 0.2) is 0 Å². The standard InChI is InChI=1S/C13H16F3NO2/c1-9-4-3-5-10(2)11(9)12(19)17(6-7-18)8-13(14,15)16/h3-5,18H,6-8H2,1-2H3. The molecule has 1 aromatic carbocycles. The lowest BCUT2D eigenvalue weighted by atomic mass is 10.0. The van der Waals surface area contributed by atoms with Crippen LogP contribution in [0.5, 0.6) is 0 Å². The zero-order chi connectivity index (χ0) is 14.6. The first-order valence-electron chi connectivity index (χ1n) is 5.79. The van der Waals surface area contributed by atoms with Gasteiger partial charge in [-0.2, -0.15) is 13.2 Å². The van der Waals surface area contributed by atoms with E-state index in [1.54, 1.807) is 32.0 Å². The molecule has 106 valence electrons. The Morgan fingerprint density at radius 3 is 2.21 bits per heavy atom. The number of benzene rings is 1. The highest BCUT2D eigenvalue weighted by Crippen LogP contribution is 2.20. The van der Waals surface area contributed by atoms with Gasteiger partial charge in [0.25, 0.3) is 5.91 Å². The normalized spacial score (nSPS) is 11.5. The van der Waals surface area contributed by atoms with Crippen LogP contribution in [0.1, 0.15) is 21.5 Å². The molecule has 1 amide bonds. The van der Waals surface area contributed by atoms with Gasteiger partial charge in [0.1, 0.15) is 6.54 Å². The molecule has 19 heavy (non-hydrogen) atoms. The second-order valence-corrected chi connectivity index (χ2v) is 4.33. The Balaban J connectivity index is 3.06. The molecule has 1 rings (SSSR count). The van der Waals surface area contributed by atoms with Gasteiger partial charge in [-0.05, 0) is 25.0 Å². The minimum absolute atomic E-state index is 0.264. The monoisotopic (exact) mass is 275 g/mol. The Kier molecular flexibility index (Phi) is 4.94. The lowest BCUT2D eigenvalue weighted by Crippen LogP contribution is -2.41. The molecule has 0 fully saturated rings. The maximum Gasteiger partial charge on any atom is 0.406 e. The van der Waals surface area contributed by atoms with Crippen LogP contribution in [0.3, 0.4) is 0 Å². The van der Waals surface area contributed by atoms with Crippen molar-refractivity contribution in [1.82, 2.24) is 4.90 Å². The molecule has 1 aromatic rings. The maximum atomic E-state index is 12.4. The zero-order valence-corrected chi connectivity index (χ0v) is 10.8. The number of aliphatic hydroxyl groups excluding tert-OH is 1. The van der Waals surface area contributed by atoms with Crippen LogP contribution >= 0.6 is 0 Å². The molecule has 0 bridgehead atoms. The predicted molar refractivity (Wildman–Crippen MR) is 65.0 cm³/mol. The lowest BCUT2D eigenvalue weighted by molar-refractivity contribution is -0.141. The topological polar surface area (TPSA) is 40.5 Å². The number of amides is 1. The second kappa shape index (κ2) is 6.06. The SMILES string of the molecule is Cc1cccc(C)c1C(=O)N(CCO)CC(F)(F)F. The summed E-state index contributed by atoms with van der Waals surface area (Å²) in [6.45, 7) is 1.13. The largest absolute Gasteiger partial charge is 0.406 e. The van der Waals surface area contributed by atoms with Gasteiger partial charge in [-0.3, -0.25) is 4.79 Å². The molecule has 0 unspecified atom stereocenters. The molecule has 0 saturated carbocycles. The van der Waals surface area contributed by atoms with Crippen LogP contribution in [0.15, 0.2) is 18.2 Å². The number of hydrogen-bond acceptors (Lipinski definition) is 2. The fraction of sp³-hybridized carbons (Fsp3) is 0.462. The molecule has 6 heteroatoms. The van der Waals surface area contributed by atoms with Crippen molar-refractivity contribution in [3.8, 4) is 0 Å². The molecule has 0 radical (unpaired) electrons. The molecule has 0 heterocycles. The van der Waals surface area contributed by atoms with Crippen LogP contribution in [-0.4, -0.2) is 41.8 Å². The molecule has 0 saturated heterocycles. The molecule has 3 nitrogen and oxygen atoms in total. The van der Waals surface area contributed by atoms with E-state index in [1.807, 2.05) is 0 Å². The van der Waals surface area contributed by atoms with E-state index in [9.17, 15) is 18.0 Å². The van der Waals surface area contributed by atoms with Crippen molar-refractivity contribution in [2.75, 3.05) is 19.7 Å². The first kappa shape index (κ1) is 15.5. The van der Waals surface area contributed by atoms with Crippen LogP contribution in [0.2, 0.25) is 0 Å². The number of rotatable bonds is 4. The number of aryl methyl sites for hydroxylation is 2. The molecule has 0 aliphatic carbocycles. The molecule has 1 N–H and O–H groups in total. The van der Waals surface area contributed by atoms with Crippen molar-refractivity contribution in [3.63, 3.8) is 0 Å². The van der Waals surface area contributed by atoms with Gasteiger partial charge in [-0.15, -0.1) is 0 Å². The average molecular weight is 275 g/mol. The third kappa shape index (κ3) is 4.24. The molecule has 0 aromatic heterocycles. The van der Waals surface area contributed by atoms with Gasteiger partial charge < -0.3 is 10.0 Å². The number of hydrogen-bond donors (Lipinski definition) is 1. The van der Waals surface area contributed by atoms with Crippen molar-refractivity contribution in [2.45, 2.75) is 20.0 Å². The van der Waals surface area contributed by atoms with E-state index >= 15 is 0 Å². The van der Waals surface area contributed by atoms with E-state index in [0.717, 1.165) is 0 Å². The summed E-state index contributed by atoms with van der Waals surface area (Å²) >= 11 is 0. The summed E-state index contributed by atoms with van der Waals surface area (Å²) in [6.07, 6.45) is -4.48. The first-order chi connectivity index (χ1) is 8.76. The van der Waals surface area contributed by atoms with Crippen LogP contribution in [0.25, 0.3) is 0 Å². The molecule has 0 spiro atoms. The highest BCUT2D eigenvalue weighted by atomic mass is 19.4. The minimum atomic E-state index is -4.48. The van der Waals surface area contributed by atoms with E-state index in [0.29, 0.717) is 16.0 Å². The van der Waals surface area contributed by atoms with Crippen molar-refractivity contribution < 1.29 is 23.1 Å². The molecular weight excluding hydrogens is 259 g/mol. The predicted octanol–water partition coefficient (Wildman–Crippen LogP) is 2.30. The van der Waals surface area contributed by atoms with Crippen molar-refractivity contribution >= 4 is 5.91 Å². The van der Waals surface area contributed by atoms with Crippen molar-refractivity contribution in [3.05, 3.63) is 34.9 Å². The summed E-state index contributed by atoms with van der Waals surface area (Å²) < 4.78 is 37.3. The average Bonchev–Trinajstić information content (AvgIpc) is 2.26. The van der Waals surface area contributed by atoms with Gasteiger partial charge in [0, 0.05) is 12.1 Å². The fourth-order valence-corrected chi connectivity index (χ4v) is 1.90. The fourth-order valence-electron chi connectivity index (χ4n) is 1.90. The van der Waals surface area contributed by atoms with Crippen LogP contribution in [0, 0.1) is 13.8 Å². The number of alkyl halides is 3. The van der Waals surface area contributed by atoms with E-state index in [2.05, 4.69) is 0 Å². The highest BCUT2D eigenvalue weighted by Gasteiger charge is 2.33. The van der Waals surface area contributed by atoms with Crippen LogP contribution in [-0.2, 0) is 0 Å². The van der Waals surface area contributed by atoms with Gasteiger partial charge in [-0.1, -0.05) is 18.2 Å². The number of halogens is 3. The number of aliphatic hydroxyl groups is 1. The maximum absolute atomic E-state index is 12.4. The minimum Gasteiger partial charge on any atom is -0.395 e. The van der Waals surface area contributed by atoms with Crippen molar-refractivity contribution in [1.29, 1.82) is 0 Å². The van der Waals surface area contributed by atoms with E-state index in [4.69, 9.17) is 5.11 Å². The summed E-state index contributed by atoms with van der Waals surface area (Å²) in [6, 6.07) is 5.08. The summed E-state index contributed by atoms with van der Waals surface area (Å²) in [5.74, 6) is -0.707. The third-order valence-electron chi connectivity index (χ3n) is 2.72. The summed E-state index contributed by atoms with van der Waals surface area (Å²) in [5, 5.41) is 8.81. The first-order valence-corrected chi connectivity index (χ1v) is 5.79. The second-order valence-electron chi connectivity index (χ2n) is 4.33. The summed E-state index contributed by atoms with van der Waals surface area (Å²) in [5.41, 5.74) is 1.51. The highest BCUT2D eigenvalue weighted by molar-refractivity contribution is 5.97. The molecule has 0 aliphatic rings. The number of carbonyl (C=O) groups excluding carboxylic acids is 1. The molecule has 0 aliphatic heterocycles. The van der Waals surface area contributed by atoms with Gasteiger partial charge in [0.2, 0.25) is 0 Å². The van der Waals surface area contributed by atoms with Crippen molar-refractivity contribution in [2.24, 2.45) is 0 Å². The Bertz CT molecular complexity index is 437. The van der Waals surface area contributed by atoms with Crippen LogP contribution in [0.4, 0.5) is 13.2 Å². The molecule has 0 atom stereocenters. The van der Waals surface area contributed by atoms with E-state index in [-0.39, 0.29) is 12.1 Å². The Labute approximate surface area is 109 Å². The summed E-state index contributed by atoms with van der Waals surface area (Å²) in [7, 11) is 0. The quantitative estimate of drug-likeness (QED) is 0.916. The van der Waals surface area contributed by atoms with Crippen LogP contribution < -0.4 is 0 Å². The number of carbonyl (C=O) groups is 1. The lowest BCUT2D eigenvalue weighted by Gasteiger charge is -2.24. The third-order valence-corrected chi connectivity index (χ3v) is 2.72. The van der Waals surface area contributed by atoms with Gasteiger partial charge in [-0.25, -0.2) is 0 Å². The van der Waals surface area contributed by atoms with Gasteiger partial charge >= 0.3 is 6.18 Å². The summed E-state index contributed by atoms with van der Waals surface area (Å²) in [4.78, 5) is 12.8. The Morgan fingerprint density at radius 2 is 1.79 bits per heavy atom. The van der Waals surface area contributed by atoms with Gasteiger partial charge in [0.05, 0.1) is 6.61 Å². The van der Waals surface area contributed by atoms with E-state index < -0.39 is 25.2 Å². The smallest absolute Gasteiger partial charge is 0.395 e.